The molecule has 1 aliphatic rings. The molecular weight excluding hydrogens is 380 g/mol. The first kappa shape index (κ1) is 16.1. The van der Waals surface area contributed by atoms with Crippen LogP contribution in [0, 0.1) is 0 Å². The van der Waals surface area contributed by atoms with Gasteiger partial charge in [0.2, 0.25) is 12.7 Å². The second-order valence-corrected chi connectivity index (χ2v) is 5.87. The summed E-state index contributed by atoms with van der Waals surface area (Å²) in [5.74, 6) is 0.719. The highest BCUT2D eigenvalue weighted by Gasteiger charge is 2.14. The number of hydrogen-bond acceptors (Lipinski definition) is 6. The summed E-state index contributed by atoms with van der Waals surface area (Å²) in [4.78, 5) is 11.9. The predicted octanol–water partition coefficient (Wildman–Crippen LogP) is 2.28. The molecular formula is C16H13BrN2O5. The molecule has 0 atom stereocenters. The number of aromatic hydroxyl groups is 2. The first-order chi connectivity index (χ1) is 11.5. The van der Waals surface area contributed by atoms with Crippen LogP contribution in [0.15, 0.2) is 39.9 Å². The Hall–Kier alpha value is -2.74. The Balaban J connectivity index is 1.60. The monoisotopic (exact) mass is 392 g/mol. The number of rotatable bonds is 4. The average Bonchev–Trinajstić information content (AvgIpc) is 3.00. The third kappa shape index (κ3) is 3.60. The van der Waals surface area contributed by atoms with Gasteiger partial charge in [0.1, 0.15) is 11.5 Å². The van der Waals surface area contributed by atoms with Crippen molar-refractivity contribution >= 4 is 28.1 Å². The van der Waals surface area contributed by atoms with E-state index in [2.05, 4.69) is 26.5 Å². The molecule has 0 spiro atoms. The number of phenolic OH excluding ortho intramolecular Hbond substituents is 2. The summed E-state index contributed by atoms with van der Waals surface area (Å²) in [5, 5.41) is 22.9. The van der Waals surface area contributed by atoms with Crippen molar-refractivity contribution in [3.8, 4) is 23.0 Å². The van der Waals surface area contributed by atoms with Crippen LogP contribution in [-0.4, -0.2) is 29.1 Å². The van der Waals surface area contributed by atoms with E-state index < -0.39 is 0 Å². The van der Waals surface area contributed by atoms with Crippen molar-refractivity contribution in [3.63, 3.8) is 0 Å². The molecule has 1 aliphatic heterocycles. The minimum atomic E-state index is -0.317. The van der Waals surface area contributed by atoms with E-state index in [0.717, 1.165) is 5.56 Å². The maximum absolute atomic E-state index is 11.9. The van der Waals surface area contributed by atoms with E-state index in [0.29, 0.717) is 21.5 Å². The van der Waals surface area contributed by atoms with E-state index in [9.17, 15) is 15.0 Å². The lowest BCUT2D eigenvalue weighted by Gasteiger charge is -2.04. The number of benzene rings is 2. The van der Waals surface area contributed by atoms with Crippen LogP contribution in [0.4, 0.5) is 0 Å². The fourth-order valence-corrected chi connectivity index (χ4v) is 2.48. The first-order valence-corrected chi connectivity index (χ1v) is 7.74. The number of hydrazone groups is 1. The van der Waals surface area contributed by atoms with Crippen molar-refractivity contribution < 1.29 is 24.5 Å². The third-order valence-corrected chi connectivity index (χ3v) is 3.93. The third-order valence-electron chi connectivity index (χ3n) is 3.29. The summed E-state index contributed by atoms with van der Waals surface area (Å²) in [7, 11) is 0. The lowest BCUT2D eigenvalue weighted by atomic mass is 10.1. The highest BCUT2D eigenvalue weighted by Crippen LogP contribution is 2.32. The number of carbonyl (C=O) groups is 1. The van der Waals surface area contributed by atoms with Crippen LogP contribution in [0.5, 0.6) is 23.0 Å². The van der Waals surface area contributed by atoms with Crippen molar-refractivity contribution in [3.05, 3.63) is 45.9 Å². The number of carbonyl (C=O) groups excluding carboxylic acids is 1. The minimum absolute atomic E-state index is 0.0866. The summed E-state index contributed by atoms with van der Waals surface area (Å²) in [6, 6.07) is 7.94. The molecule has 0 radical (unpaired) electrons. The normalized spacial score (nSPS) is 12.5. The van der Waals surface area contributed by atoms with Crippen LogP contribution in [0.1, 0.15) is 11.1 Å². The summed E-state index contributed by atoms with van der Waals surface area (Å²) in [6.07, 6.45) is 1.41. The SMILES string of the molecule is O=C(Cc1ccc2c(c1)OCO2)N/N=C\c1cc(Br)c(O)cc1O. The molecule has 7 nitrogen and oxygen atoms in total. The average molecular weight is 393 g/mol. The predicted molar refractivity (Wildman–Crippen MR) is 89.5 cm³/mol. The fraction of sp³-hybridized carbons (Fsp3) is 0.125. The molecule has 0 fully saturated rings. The van der Waals surface area contributed by atoms with Gasteiger partial charge >= 0.3 is 0 Å². The molecule has 1 heterocycles. The van der Waals surface area contributed by atoms with E-state index in [1.165, 1.54) is 18.3 Å². The zero-order valence-corrected chi connectivity index (χ0v) is 13.9. The zero-order chi connectivity index (χ0) is 17.1. The van der Waals surface area contributed by atoms with Crippen LogP contribution < -0.4 is 14.9 Å². The number of phenols is 2. The number of halogens is 1. The molecule has 124 valence electrons. The van der Waals surface area contributed by atoms with Gasteiger partial charge in [-0.25, -0.2) is 5.43 Å². The summed E-state index contributed by atoms with van der Waals surface area (Å²) in [6.45, 7) is 0.182. The Bertz CT molecular complexity index is 822. The summed E-state index contributed by atoms with van der Waals surface area (Å²) >= 11 is 3.14. The number of amides is 1. The lowest BCUT2D eigenvalue weighted by Crippen LogP contribution is -2.19. The van der Waals surface area contributed by atoms with E-state index in [1.54, 1.807) is 18.2 Å². The van der Waals surface area contributed by atoms with Gasteiger partial charge < -0.3 is 19.7 Å². The molecule has 0 bridgehead atoms. The smallest absolute Gasteiger partial charge is 0.244 e. The fourth-order valence-electron chi connectivity index (χ4n) is 2.12. The van der Waals surface area contributed by atoms with Gasteiger partial charge in [0.15, 0.2) is 11.5 Å². The van der Waals surface area contributed by atoms with Crippen molar-refractivity contribution in [2.24, 2.45) is 5.10 Å². The van der Waals surface area contributed by atoms with Gasteiger partial charge in [-0.2, -0.15) is 5.10 Å². The first-order valence-electron chi connectivity index (χ1n) is 6.95. The van der Waals surface area contributed by atoms with E-state index in [-0.39, 0.29) is 30.6 Å². The van der Waals surface area contributed by atoms with Gasteiger partial charge in [-0.15, -0.1) is 0 Å². The molecule has 0 aromatic heterocycles. The summed E-state index contributed by atoms with van der Waals surface area (Å²) < 4.78 is 10.9. The lowest BCUT2D eigenvalue weighted by molar-refractivity contribution is -0.120. The Morgan fingerprint density at radius 3 is 2.83 bits per heavy atom. The molecule has 24 heavy (non-hydrogen) atoms. The molecule has 0 saturated heterocycles. The number of nitrogens with zero attached hydrogens (tertiary/aromatic N) is 1. The van der Waals surface area contributed by atoms with Gasteiger partial charge in [0, 0.05) is 11.6 Å². The van der Waals surface area contributed by atoms with Gasteiger partial charge in [-0.1, -0.05) is 6.07 Å². The van der Waals surface area contributed by atoms with Crippen molar-refractivity contribution in [1.29, 1.82) is 0 Å². The maximum atomic E-state index is 11.9. The highest BCUT2D eigenvalue weighted by atomic mass is 79.9. The van der Waals surface area contributed by atoms with Gasteiger partial charge in [-0.05, 0) is 39.7 Å². The molecule has 2 aromatic carbocycles. The van der Waals surface area contributed by atoms with E-state index in [4.69, 9.17) is 9.47 Å². The van der Waals surface area contributed by atoms with Crippen molar-refractivity contribution in [1.82, 2.24) is 5.43 Å². The molecule has 8 heteroatoms. The quantitative estimate of drug-likeness (QED) is 0.547. The number of fused-ring (bicyclic) bond motifs is 1. The maximum Gasteiger partial charge on any atom is 0.244 e. The van der Waals surface area contributed by atoms with Gasteiger partial charge in [-0.3, -0.25) is 4.79 Å². The molecule has 0 unspecified atom stereocenters. The van der Waals surface area contributed by atoms with Crippen LogP contribution in [0.2, 0.25) is 0 Å². The van der Waals surface area contributed by atoms with Crippen molar-refractivity contribution in [2.75, 3.05) is 6.79 Å². The molecule has 2 aromatic rings. The minimum Gasteiger partial charge on any atom is -0.507 e. The zero-order valence-electron chi connectivity index (χ0n) is 12.3. The van der Waals surface area contributed by atoms with Crippen LogP contribution >= 0.6 is 15.9 Å². The van der Waals surface area contributed by atoms with Crippen LogP contribution in [0.3, 0.4) is 0 Å². The number of ether oxygens (including phenoxy) is 2. The Labute approximate surface area is 145 Å². The Morgan fingerprint density at radius 1 is 1.21 bits per heavy atom. The van der Waals surface area contributed by atoms with E-state index >= 15 is 0 Å². The van der Waals surface area contributed by atoms with Gasteiger partial charge in [0.25, 0.3) is 0 Å². The largest absolute Gasteiger partial charge is 0.507 e. The van der Waals surface area contributed by atoms with Crippen molar-refractivity contribution in [2.45, 2.75) is 6.42 Å². The van der Waals surface area contributed by atoms with E-state index in [1.807, 2.05) is 0 Å². The highest BCUT2D eigenvalue weighted by molar-refractivity contribution is 9.10. The second-order valence-electron chi connectivity index (χ2n) is 5.02. The Morgan fingerprint density at radius 2 is 2.00 bits per heavy atom. The molecule has 1 amide bonds. The topological polar surface area (TPSA) is 100 Å². The standard InChI is InChI=1S/C16H13BrN2O5/c17-11-5-10(12(20)6-13(11)21)7-18-19-16(22)4-9-1-2-14-15(3-9)24-8-23-14/h1-3,5-7,20-21H,4,8H2,(H,19,22)/b18-7-. The van der Waals surface area contributed by atoms with Crippen LogP contribution in [-0.2, 0) is 11.2 Å². The summed E-state index contributed by atoms with van der Waals surface area (Å²) in [5.41, 5.74) is 3.49. The molecule has 3 rings (SSSR count). The molecule has 0 saturated carbocycles. The molecule has 0 aliphatic carbocycles. The van der Waals surface area contributed by atoms with Crippen LogP contribution in [0.25, 0.3) is 0 Å². The van der Waals surface area contributed by atoms with Gasteiger partial charge in [0.05, 0.1) is 17.1 Å². The molecule has 3 N–H and O–H groups in total. The Kier molecular flexibility index (Phi) is 4.57. The number of nitrogens with one attached hydrogen (secondary N) is 1. The number of hydrogen-bond donors (Lipinski definition) is 3. The second kappa shape index (κ2) is 6.79.